The summed E-state index contributed by atoms with van der Waals surface area (Å²) in [6.45, 7) is 4.26. The topological polar surface area (TPSA) is 55.6 Å². The number of carbonyl (C=O) groups is 1. The Morgan fingerprint density at radius 2 is 2.00 bits per heavy atom. The predicted octanol–water partition coefficient (Wildman–Crippen LogP) is 1.53. The fourth-order valence-electron chi connectivity index (χ4n) is 1.84. The highest BCUT2D eigenvalue weighted by Gasteiger charge is 2.13. The minimum absolute atomic E-state index is 0.117. The van der Waals surface area contributed by atoms with Crippen LogP contribution in [-0.2, 0) is 22.6 Å². The molecular weight excluding hydrogens is 228 g/mol. The van der Waals surface area contributed by atoms with Crippen molar-refractivity contribution in [3.05, 3.63) is 35.4 Å². The molecule has 4 heteroatoms. The Balaban J connectivity index is 2.70. The van der Waals surface area contributed by atoms with E-state index in [1.54, 1.807) is 7.11 Å². The molecule has 0 fully saturated rings. The molecular formula is C14H22N2O2. The number of amides is 1. The van der Waals surface area contributed by atoms with Gasteiger partial charge in [-0.15, -0.1) is 0 Å². The lowest BCUT2D eigenvalue weighted by molar-refractivity contribution is -0.132. The Bertz CT molecular complexity index is 380. The summed E-state index contributed by atoms with van der Waals surface area (Å²) in [6, 6.07) is 7.97. The van der Waals surface area contributed by atoms with E-state index in [0.717, 1.165) is 11.1 Å². The summed E-state index contributed by atoms with van der Waals surface area (Å²) in [7, 11) is 1.60. The highest BCUT2D eigenvalue weighted by Crippen LogP contribution is 2.12. The number of hydrogen-bond acceptors (Lipinski definition) is 3. The molecule has 0 saturated heterocycles. The van der Waals surface area contributed by atoms with Crippen molar-refractivity contribution >= 4 is 5.91 Å². The molecule has 2 N–H and O–H groups in total. The number of rotatable bonds is 7. The highest BCUT2D eigenvalue weighted by atomic mass is 16.5. The van der Waals surface area contributed by atoms with Crippen LogP contribution in [0.3, 0.4) is 0 Å². The lowest BCUT2D eigenvalue weighted by Gasteiger charge is -2.22. The van der Waals surface area contributed by atoms with Crippen molar-refractivity contribution in [2.45, 2.75) is 26.4 Å². The van der Waals surface area contributed by atoms with E-state index in [0.29, 0.717) is 32.7 Å². The first-order valence-corrected chi connectivity index (χ1v) is 6.26. The molecule has 0 radical (unpaired) electrons. The maximum atomic E-state index is 12.0. The van der Waals surface area contributed by atoms with Crippen molar-refractivity contribution in [2.24, 2.45) is 5.73 Å². The van der Waals surface area contributed by atoms with Crippen LogP contribution < -0.4 is 5.73 Å². The second-order valence-corrected chi connectivity index (χ2v) is 4.12. The van der Waals surface area contributed by atoms with Gasteiger partial charge < -0.3 is 15.4 Å². The summed E-state index contributed by atoms with van der Waals surface area (Å²) in [4.78, 5) is 13.8. The normalized spacial score (nSPS) is 10.4. The average Bonchev–Trinajstić information content (AvgIpc) is 2.42. The van der Waals surface area contributed by atoms with E-state index in [2.05, 4.69) is 0 Å². The SMILES string of the molecule is CCN(Cc1ccccc1CN)C(=O)CCOC. The number of ether oxygens (including phenoxy) is 1. The molecule has 0 aliphatic heterocycles. The van der Waals surface area contributed by atoms with E-state index in [9.17, 15) is 4.79 Å². The van der Waals surface area contributed by atoms with Gasteiger partial charge in [-0.2, -0.15) is 0 Å². The minimum atomic E-state index is 0.117. The first kappa shape index (κ1) is 14.7. The third-order valence-corrected chi connectivity index (χ3v) is 2.95. The van der Waals surface area contributed by atoms with Gasteiger partial charge in [0, 0.05) is 26.7 Å². The van der Waals surface area contributed by atoms with Crippen molar-refractivity contribution in [3.8, 4) is 0 Å². The Hall–Kier alpha value is -1.39. The Morgan fingerprint density at radius 3 is 2.56 bits per heavy atom. The molecule has 1 aromatic carbocycles. The molecule has 100 valence electrons. The molecule has 1 rings (SSSR count). The maximum Gasteiger partial charge on any atom is 0.225 e. The molecule has 0 atom stereocenters. The molecule has 0 aromatic heterocycles. The van der Waals surface area contributed by atoms with Crippen LogP contribution in [0.4, 0.5) is 0 Å². The number of hydrogen-bond donors (Lipinski definition) is 1. The first-order chi connectivity index (χ1) is 8.72. The van der Waals surface area contributed by atoms with Crippen molar-refractivity contribution in [1.29, 1.82) is 0 Å². The number of nitrogens with two attached hydrogens (primary N) is 1. The lowest BCUT2D eigenvalue weighted by Crippen LogP contribution is -2.31. The van der Waals surface area contributed by atoms with Gasteiger partial charge in [-0.3, -0.25) is 4.79 Å². The third kappa shape index (κ3) is 4.13. The molecule has 1 amide bonds. The monoisotopic (exact) mass is 250 g/mol. The second-order valence-electron chi connectivity index (χ2n) is 4.12. The van der Waals surface area contributed by atoms with Crippen LogP contribution in [0.1, 0.15) is 24.5 Å². The summed E-state index contributed by atoms with van der Waals surface area (Å²) in [6.07, 6.45) is 0.426. The van der Waals surface area contributed by atoms with Crippen LogP contribution in [0.25, 0.3) is 0 Å². The Morgan fingerprint density at radius 1 is 1.33 bits per heavy atom. The van der Waals surface area contributed by atoms with Gasteiger partial charge in [0.2, 0.25) is 5.91 Å². The molecule has 4 nitrogen and oxygen atoms in total. The van der Waals surface area contributed by atoms with Crippen LogP contribution in [-0.4, -0.2) is 31.1 Å². The van der Waals surface area contributed by atoms with Crippen LogP contribution in [0.5, 0.6) is 0 Å². The fraction of sp³-hybridized carbons (Fsp3) is 0.500. The van der Waals surface area contributed by atoms with Gasteiger partial charge in [-0.1, -0.05) is 24.3 Å². The molecule has 0 heterocycles. The van der Waals surface area contributed by atoms with Gasteiger partial charge in [-0.25, -0.2) is 0 Å². The van der Waals surface area contributed by atoms with E-state index in [1.165, 1.54) is 0 Å². The zero-order chi connectivity index (χ0) is 13.4. The van der Waals surface area contributed by atoms with Gasteiger partial charge in [0.1, 0.15) is 0 Å². The van der Waals surface area contributed by atoms with E-state index in [4.69, 9.17) is 10.5 Å². The number of carbonyl (C=O) groups excluding carboxylic acids is 1. The average molecular weight is 250 g/mol. The third-order valence-electron chi connectivity index (χ3n) is 2.95. The fourth-order valence-corrected chi connectivity index (χ4v) is 1.84. The molecule has 0 unspecified atom stereocenters. The summed E-state index contributed by atoms with van der Waals surface area (Å²) in [5, 5.41) is 0. The van der Waals surface area contributed by atoms with Gasteiger partial charge in [-0.05, 0) is 18.1 Å². The van der Waals surface area contributed by atoms with E-state index in [1.807, 2.05) is 36.1 Å². The molecule has 0 bridgehead atoms. The second kappa shape index (κ2) is 7.84. The summed E-state index contributed by atoms with van der Waals surface area (Å²) >= 11 is 0. The standard InChI is InChI=1S/C14H22N2O2/c1-3-16(14(17)8-9-18-2)11-13-7-5-4-6-12(13)10-15/h4-7H,3,8-11,15H2,1-2H3. The van der Waals surface area contributed by atoms with E-state index >= 15 is 0 Å². The Labute approximate surface area is 109 Å². The van der Waals surface area contributed by atoms with Crippen LogP contribution in [0, 0.1) is 0 Å². The number of benzene rings is 1. The molecule has 0 aliphatic rings. The van der Waals surface area contributed by atoms with Crippen molar-refractivity contribution < 1.29 is 9.53 Å². The first-order valence-electron chi connectivity index (χ1n) is 6.26. The number of methoxy groups -OCH3 is 1. The molecule has 0 spiro atoms. The van der Waals surface area contributed by atoms with Crippen molar-refractivity contribution in [3.63, 3.8) is 0 Å². The van der Waals surface area contributed by atoms with Crippen molar-refractivity contribution in [2.75, 3.05) is 20.3 Å². The highest BCUT2D eigenvalue weighted by molar-refractivity contribution is 5.76. The van der Waals surface area contributed by atoms with Crippen LogP contribution in [0.2, 0.25) is 0 Å². The van der Waals surface area contributed by atoms with Gasteiger partial charge in [0.15, 0.2) is 0 Å². The van der Waals surface area contributed by atoms with E-state index in [-0.39, 0.29) is 5.91 Å². The quantitative estimate of drug-likeness (QED) is 0.798. The zero-order valence-electron chi connectivity index (χ0n) is 11.2. The molecule has 0 aliphatic carbocycles. The Kier molecular flexibility index (Phi) is 6.39. The van der Waals surface area contributed by atoms with Crippen molar-refractivity contribution in [1.82, 2.24) is 4.90 Å². The molecule has 0 saturated carbocycles. The summed E-state index contributed by atoms with van der Waals surface area (Å²) in [5.74, 6) is 0.117. The smallest absolute Gasteiger partial charge is 0.225 e. The zero-order valence-corrected chi connectivity index (χ0v) is 11.2. The van der Waals surface area contributed by atoms with Crippen LogP contribution >= 0.6 is 0 Å². The minimum Gasteiger partial charge on any atom is -0.384 e. The predicted molar refractivity (Wildman–Crippen MR) is 71.9 cm³/mol. The van der Waals surface area contributed by atoms with E-state index < -0.39 is 0 Å². The summed E-state index contributed by atoms with van der Waals surface area (Å²) in [5.41, 5.74) is 7.91. The van der Waals surface area contributed by atoms with Gasteiger partial charge in [0.25, 0.3) is 0 Å². The van der Waals surface area contributed by atoms with Gasteiger partial charge >= 0.3 is 0 Å². The summed E-state index contributed by atoms with van der Waals surface area (Å²) < 4.78 is 4.93. The largest absolute Gasteiger partial charge is 0.384 e. The maximum absolute atomic E-state index is 12.0. The number of nitrogens with zero attached hydrogens (tertiary/aromatic N) is 1. The van der Waals surface area contributed by atoms with Gasteiger partial charge in [0.05, 0.1) is 13.0 Å². The van der Waals surface area contributed by atoms with Crippen LogP contribution in [0.15, 0.2) is 24.3 Å². The molecule has 1 aromatic rings. The molecule has 18 heavy (non-hydrogen) atoms. The lowest BCUT2D eigenvalue weighted by atomic mass is 10.1.